The van der Waals surface area contributed by atoms with Crippen molar-refractivity contribution in [3.05, 3.63) is 69.6 Å². The molecule has 0 fully saturated rings. The van der Waals surface area contributed by atoms with E-state index in [2.05, 4.69) is 34.3 Å². The molecule has 2 aromatic heterocycles. The normalized spacial score (nSPS) is 11.7. The van der Waals surface area contributed by atoms with Crippen molar-refractivity contribution in [1.82, 2.24) is 19.4 Å². The molecule has 5 nitrogen and oxygen atoms in total. The number of para-hydroxylation sites is 1. The van der Waals surface area contributed by atoms with Gasteiger partial charge in [-0.3, -0.25) is 9.36 Å². The minimum absolute atomic E-state index is 0.0177. The number of nitrogens with zero attached hydrogens (tertiary/aromatic N) is 3. The van der Waals surface area contributed by atoms with E-state index in [0.717, 1.165) is 35.8 Å². The number of rotatable bonds is 8. The molecule has 0 spiro atoms. The van der Waals surface area contributed by atoms with Gasteiger partial charge >= 0.3 is 0 Å². The molecule has 0 aliphatic heterocycles. The van der Waals surface area contributed by atoms with Crippen molar-refractivity contribution < 1.29 is 0 Å². The molecule has 4 aromatic rings. The number of nitrogens with one attached hydrogen (secondary N) is 1. The van der Waals surface area contributed by atoms with Gasteiger partial charge in [-0.1, -0.05) is 41.6 Å². The van der Waals surface area contributed by atoms with Gasteiger partial charge in [-0.2, -0.15) is 0 Å². The van der Waals surface area contributed by atoms with E-state index >= 15 is 0 Å². The average Bonchev–Trinajstić information content (AvgIpc) is 3.14. The van der Waals surface area contributed by atoms with Crippen LogP contribution in [0, 0.1) is 0 Å². The van der Waals surface area contributed by atoms with Crippen LogP contribution in [0.5, 0.6) is 0 Å². The lowest BCUT2D eigenvalue weighted by atomic mass is 10.1. The van der Waals surface area contributed by atoms with E-state index in [4.69, 9.17) is 16.6 Å². The Morgan fingerprint density at radius 1 is 1.17 bits per heavy atom. The standard InChI is InChI=1S/C23H25ClN4OS/c1-27(2)11-5-12-28-22(29)19-14-17(24)8-9-21(19)26-23(28)30-13-10-16-15-25-20-7-4-3-6-18(16)20/h3-4,6-9,14-15,25H,5,10-13H2,1-2H3. The van der Waals surface area contributed by atoms with Crippen molar-refractivity contribution in [3.63, 3.8) is 0 Å². The first-order chi connectivity index (χ1) is 14.5. The molecular formula is C23H25ClN4OS. The van der Waals surface area contributed by atoms with Crippen LogP contribution in [-0.2, 0) is 13.0 Å². The number of aryl methyl sites for hydroxylation is 1. The van der Waals surface area contributed by atoms with E-state index in [9.17, 15) is 4.79 Å². The molecule has 0 aliphatic rings. The topological polar surface area (TPSA) is 53.9 Å². The van der Waals surface area contributed by atoms with Gasteiger partial charge in [0.15, 0.2) is 5.16 Å². The van der Waals surface area contributed by atoms with Crippen LogP contribution >= 0.6 is 23.4 Å². The first-order valence-electron chi connectivity index (χ1n) is 10.1. The van der Waals surface area contributed by atoms with E-state index < -0.39 is 0 Å². The molecule has 2 heterocycles. The molecule has 0 saturated heterocycles. The van der Waals surface area contributed by atoms with Crippen molar-refractivity contribution in [1.29, 1.82) is 0 Å². The van der Waals surface area contributed by atoms with Crippen LogP contribution in [0.1, 0.15) is 12.0 Å². The maximum atomic E-state index is 13.2. The first kappa shape index (κ1) is 21.0. The molecule has 156 valence electrons. The van der Waals surface area contributed by atoms with E-state index in [1.165, 1.54) is 10.9 Å². The minimum atomic E-state index is -0.0177. The molecule has 0 aliphatic carbocycles. The second-order valence-electron chi connectivity index (χ2n) is 7.63. The van der Waals surface area contributed by atoms with Gasteiger partial charge in [0.25, 0.3) is 5.56 Å². The number of thioether (sulfide) groups is 1. The van der Waals surface area contributed by atoms with Crippen LogP contribution in [0.25, 0.3) is 21.8 Å². The molecule has 0 amide bonds. The highest BCUT2D eigenvalue weighted by Crippen LogP contribution is 2.24. The van der Waals surface area contributed by atoms with Crippen LogP contribution in [0.3, 0.4) is 0 Å². The summed E-state index contributed by atoms with van der Waals surface area (Å²) in [5, 5.41) is 3.16. The smallest absolute Gasteiger partial charge is 0.262 e. The highest BCUT2D eigenvalue weighted by Gasteiger charge is 2.13. The molecule has 0 unspecified atom stereocenters. The summed E-state index contributed by atoms with van der Waals surface area (Å²) in [5.74, 6) is 0.848. The molecular weight excluding hydrogens is 416 g/mol. The number of hydrogen-bond acceptors (Lipinski definition) is 4. The number of halogens is 1. The highest BCUT2D eigenvalue weighted by molar-refractivity contribution is 7.99. The summed E-state index contributed by atoms with van der Waals surface area (Å²) in [5.41, 5.74) is 3.12. The van der Waals surface area contributed by atoms with Gasteiger partial charge in [0, 0.05) is 34.4 Å². The lowest BCUT2D eigenvalue weighted by Crippen LogP contribution is -2.25. The highest BCUT2D eigenvalue weighted by atomic mass is 35.5. The van der Waals surface area contributed by atoms with Gasteiger partial charge in [-0.25, -0.2) is 4.98 Å². The van der Waals surface area contributed by atoms with Crippen LogP contribution < -0.4 is 5.56 Å². The van der Waals surface area contributed by atoms with Crippen molar-refractivity contribution in [2.75, 3.05) is 26.4 Å². The quantitative estimate of drug-likeness (QED) is 0.315. The summed E-state index contributed by atoms with van der Waals surface area (Å²) in [6.07, 6.45) is 3.86. The monoisotopic (exact) mass is 440 g/mol. The van der Waals surface area contributed by atoms with Crippen LogP contribution in [-0.4, -0.2) is 45.8 Å². The molecule has 7 heteroatoms. The molecule has 0 radical (unpaired) electrons. The number of aromatic amines is 1. The summed E-state index contributed by atoms with van der Waals surface area (Å²) in [4.78, 5) is 23.4. The van der Waals surface area contributed by atoms with Crippen LogP contribution in [0.15, 0.2) is 58.6 Å². The van der Waals surface area contributed by atoms with Crippen molar-refractivity contribution >= 4 is 45.2 Å². The number of hydrogen-bond donors (Lipinski definition) is 1. The van der Waals surface area contributed by atoms with Crippen LogP contribution in [0.4, 0.5) is 0 Å². The first-order valence-corrected chi connectivity index (χ1v) is 11.4. The molecule has 2 aromatic carbocycles. The maximum absolute atomic E-state index is 13.2. The molecule has 30 heavy (non-hydrogen) atoms. The zero-order valence-electron chi connectivity index (χ0n) is 17.2. The fraction of sp³-hybridized carbons (Fsp3) is 0.304. The predicted molar refractivity (Wildman–Crippen MR) is 127 cm³/mol. The summed E-state index contributed by atoms with van der Waals surface area (Å²) >= 11 is 7.76. The second kappa shape index (κ2) is 9.25. The molecule has 0 saturated carbocycles. The summed E-state index contributed by atoms with van der Waals surface area (Å²) in [6.45, 7) is 1.56. The van der Waals surface area contributed by atoms with E-state index in [-0.39, 0.29) is 5.56 Å². The summed E-state index contributed by atoms with van der Waals surface area (Å²) in [7, 11) is 4.08. The number of aromatic nitrogens is 3. The largest absolute Gasteiger partial charge is 0.361 e. The second-order valence-corrected chi connectivity index (χ2v) is 9.13. The van der Waals surface area contributed by atoms with Gasteiger partial charge in [0.1, 0.15) is 0 Å². The molecule has 1 N–H and O–H groups in total. The Bertz CT molecular complexity index is 1230. The average molecular weight is 441 g/mol. The maximum Gasteiger partial charge on any atom is 0.262 e. The third kappa shape index (κ3) is 4.56. The number of H-pyrrole nitrogens is 1. The fourth-order valence-electron chi connectivity index (χ4n) is 3.62. The third-order valence-corrected chi connectivity index (χ3v) is 6.36. The van der Waals surface area contributed by atoms with Gasteiger partial charge in [0.2, 0.25) is 0 Å². The zero-order chi connectivity index (χ0) is 21.1. The van der Waals surface area contributed by atoms with Gasteiger partial charge in [0.05, 0.1) is 10.9 Å². The van der Waals surface area contributed by atoms with Crippen LogP contribution in [0.2, 0.25) is 5.02 Å². The van der Waals surface area contributed by atoms with Gasteiger partial charge in [-0.05, 0) is 63.3 Å². The Labute approximate surface area is 185 Å². The van der Waals surface area contributed by atoms with E-state index in [0.29, 0.717) is 22.5 Å². The zero-order valence-corrected chi connectivity index (χ0v) is 18.8. The fourth-order valence-corrected chi connectivity index (χ4v) is 4.79. The van der Waals surface area contributed by atoms with Gasteiger partial charge in [-0.15, -0.1) is 0 Å². The Morgan fingerprint density at radius 2 is 2.00 bits per heavy atom. The Balaban J connectivity index is 1.59. The Morgan fingerprint density at radius 3 is 2.83 bits per heavy atom. The SMILES string of the molecule is CN(C)CCCn1c(SCCc2c[nH]c3ccccc23)nc2ccc(Cl)cc2c1=O. The lowest BCUT2D eigenvalue weighted by Gasteiger charge is -2.15. The molecule has 4 rings (SSSR count). The van der Waals surface area contributed by atoms with E-state index in [1.807, 2.05) is 30.8 Å². The Kier molecular flexibility index (Phi) is 6.46. The third-order valence-electron chi connectivity index (χ3n) is 5.15. The summed E-state index contributed by atoms with van der Waals surface area (Å²) in [6, 6.07) is 13.7. The minimum Gasteiger partial charge on any atom is -0.361 e. The van der Waals surface area contributed by atoms with Crippen molar-refractivity contribution in [3.8, 4) is 0 Å². The number of fused-ring (bicyclic) bond motifs is 2. The van der Waals surface area contributed by atoms with Crippen molar-refractivity contribution in [2.45, 2.75) is 24.5 Å². The number of benzene rings is 2. The molecule has 0 atom stereocenters. The summed E-state index contributed by atoms with van der Waals surface area (Å²) < 4.78 is 1.81. The Hall–Kier alpha value is -2.28. The van der Waals surface area contributed by atoms with E-state index in [1.54, 1.807) is 23.9 Å². The van der Waals surface area contributed by atoms with Gasteiger partial charge < -0.3 is 9.88 Å². The lowest BCUT2D eigenvalue weighted by molar-refractivity contribution is 0.379. The predicted octanol–water partition coefficient (Wildman–Crippen LogP) is 4.82. The molecule has 0 bridgehead atoms. The van der Waals surface area contributed by atoms with Crippen molar-refractivity contribution in [2.24, 2.45) is 0 Å².